The number of likely N-dealkylation sites (tertiary alicyclic amines) is 1. The SMILES string of the molecule is CCNC(=NCCS(=O)(=O)CC)NC1CCN(C(=O)OCC)CC1.I. The van der Waals surface area contributed by atoms with Crippen molar-refractivity contribution >= 4 is 45.9 Å². The number of rotatable bonds is 7. The Hall–Kier alpha value is -0.780. The van der Waals surface area contributed by atoms with Gasteiger partial charge in [-0.1, -0.05) is 6.92 Å². The van der Waals surface area contributed by atoms with Gasteiger partial charge in [-0.05, 0) is 26.7 Å². The quantitative estimate of drug-likeness (QED) is 0.316. The third-order valence-electron chi connectivity index (χ3n) is 3.82. The molecule has 0 radical (unpaired) electrons. The van der Waals surface area contributed by atoms with Crippen LogP contribution >= 0.6 is 24.0 Å². The monoisotopic (exact) mass is 490 g/mol. The second-order valence-electron chi connectivity index (χ2n) is 5.60. The lowest BCUT2D eigenvalue weighted by Gasteiger charge is -2.32. The number of piperidine rings is 1. The minimum Gasteiger partial charge on any atom is -0.450 e. The lowest BCUT2D eigenvalue weighted by molar-refractivity contribution is 0.0963. The lowest BCUT2D eigenvalue weighted by atomic mass is 10.1. The molecule has 0 bridgehead atoms. The third-order valence-corrected chi connectivity index (χ3v) is 5.50. The van der Waals surface area contributed by atoms with Crippen molar-refractivity contribution in [2.45, 2.75) is 39.7 Å². The van der Waals surface area contributed by atoms with Crippen molar-refractivity contribution in [3.63, 3.8) is 0 Å². The first kappa shape index (κ1) is 24.2. The molecule has 1 saturated heterocycles. The maximum atomic E-state index is 11.7. The van der Waals surface area contributed by atoms with Crippen molar-refractivity contribution in [3.05, 3.63) is 0 Å². The molecule has 1 rings (SSSR count). The van der Waals surface area contributed by atoms with Crippen molar-refractivity contribution in [3.8, 4) is 0 Å². The summed E-state index contributed by atoms with van der Waals surface area (Å²) in [6, 6.07) is 0.205. The molecule has 25 heavy (non-hydrogen) atoms. The Bertz CT molecular complexity index is 520. The van der Waals surface area contributed by atoms with Gasteiger partial charge in [-0.3, -0.25) is 4.99 Å². The molecule has 1 fully saturated rings. The Morgan fingerprint density at radius 2 is 1.88 bits per heavy atom. The summed E-state index contributed by atoms with van der Waals surface area (Å²) in [6.07, 6.45) is 1.34. The van der Waals surface area contributed by atoms with Crippen LogP contribution in [-0.4, -0.2) is 75.7 Å². The van der Waals surface area contributed by atoms with Crippen LogP contribution in [0.4, 0.5) is 4.79 Å². The molecule has 0 saturated carbocycles. The summed E-state index contributed by atoms with van der Waals surface area (Å²) in [5, 5.41) is 6.45. The first-order valence-electron chi connectivity index (χ1n) is 8.58. The fraction of sp³-hybridized carbons (Fsp3) is 0.867. The maximum absolute atomic E-state index is 11.7. The van der Waals surface area contributed by atoms with Crippen LogP contribution < -0.4 is 10.6 Å². The summed E-state index contributed by atoms with van der Waals surface area (Å²) in [5.41, 5.74) is 0. The Balaban J connectivity index is 0.00000576. The van der Waals surface area contributed by atoms with E-state index in [-0.39, 0.29) is 54.2 Å². The molecule has 1 heterocycles. The molecular weight excluding hydrogens is 459 g/mol. The Kier molecular flexibility index (Phi) is 12.2. The highest BCUT2D eigenvalue weighted by molar-refractivity contribution is 14.0. The average Bonchev–Trinajstić information content (AvgIpc) is 2.56. The van der Waals surface area contributed by atoms with Gasteiger partial charge in [0.05, 0.1) is 18.9 Å². The number of hydrogen-bond acceptors (Lipinski definition) is 5. The topological polar surface area (TPSA) is 100 Å². The zero-order valence-corrected chi connectivity index (χ0v) is 18.4. The fourth-order valence-corrected chi connectivity index (χ4v) is 3.03. The molecule has 148 valence electrons. The molecule has 8 nitrogen and oxygen atoms in total. The van der Waals surface area contributed by atoms with E-state index in [1.165, 1.54) is 0 Å². The highest BCUT2D eigenvalue weighted by Crippen LogP contribution is 2.11. The molecular formula is C15H31IN4O4S. The predicted molar refractivity (Wildman–Crippen MR) is 110 cm³/mol. The van der Waals surface area contributed by atoms with Crippen LogP contribution in [0.25, 0.3) is 0 Å². The van der Waals surface area contributed by atoms with Crippen LogP contribution in [0.5, 0.6) is 0 Å². The summed E-state index contributed by atoms with van der Waals surface area (Å²) < 4.78 is 28.1. The molecule has 0 aromatic carbocycles. The molecule has 0 spiro atoms. The second-order valence-corrected chi connectivity index (χ2v) is 8.07. The van der Waals surface area contributed by atoms with Crippen LogP contribution in [0.1, 0.15) is 33.6 Å². The van der Waals surface area contributed by atoms with E-state index in [1.54, 1.807) is 18.7 Å². The lowest BCUT2D eigenvalue weighted by Crippen LogP contribution is -2.50. The summed E-state index contributed by atoms with van der Waals surface area (Å²) >= 11 is 0. The minimum atomic E-state index is -3.01. The number of carbonyl (C=O) groups excluding carboxylic acids is 1. The molecule has 1 amide bonds. The molecule has 0 aromatic rings. The van der Waals surface area contributed by atoms with Crippen molar-refractivity contribution in [2.75, 3.05) is 44.3 Å². The summed E-state index contributed by atoms with van der Waals surface area (Å²) in [5.74, 6) is 0.818. The van der Waals surface area contributed by atoms with Gasteiger partial charge in [-0.2, -0.15) is 0 Å². The van der Waals surface area contributed by atoms with E-state index in [0.29, 0.717) is 32.2 Å². The Morgan fingerprint density at radius 3 is 2.40 bits per heavy atom. The molecule has 0 unspecified atom stereocenters. The number of guanidine groups is 1. The van der Waals surface area contributed by atoms with Gasteiger partial charge >= 0.3 is 6.09 Å². The van der Waals surface area contributed by atoms with E-state index in [9.17, 15) is 13.2 Å². The van der Waals surface area contributed by atoms with Gasteiger partial charge in [0.25, 0.3) is 0 Å². The van der Waals surface area contributed by atoms with E-state index < -0.39 is 9.84 Å². The van der Waals surface area contributed by atoms with Crippen molar-refractivity contribution in [1.29, 1.82) is 0 Å². The Labute approximate surface area is 168 Å². The van der Waals surface area contributed by atoms with Crippen molar-refractivity contribution < 1.29 is 17.9 Å². The largest absolute Gasteiger partial charge is 0.450 e. The van der Waals surface area contributed by atoms with Gasteiger partial charge in [0, 0.05) is 31.4 Å². The summed E-state index contributed by atoms with van der Waals surface area (Å²) in [7, 11) is -3.01. The van der Waals surface area contributed by atoms with E-state index in [4.69, 9.17) is 4.74 Å². The minimum absolute atomic E-state index is 0. The van der Waals surface area contributed by atoms with Crippen LogP contribution in [0.15, 0.2) is 4.99 Å². The van der Waals surface area contributed by atoms with Gasteiger partial charge in [-0.15, -0.1) is 24.0 Å². The molecule has 0 aromatic heterocycles. The van der Waals surface area contributed by atoms with Crippen LogP contribution in [0.2, 0.25) is 0 Å². The number of halogens is 1. The number of hydrogen-bond donors (Lipinski definition) is 2. The third kappa shape index (κ3) is 9.47. The first-order chi connectivity index (χ1) is 11.4. The standard InChI is InChI=1S/C15H30N4O4S.HI/c1-4-16-14(17-9-12-24(21,22)6-3)18-13-7-10-19(11-8-13)15(20)23-5-2;/h13H,4-12H2,1-3H3,(H2,16,17,18);1H. The van der Waals surface area contributed by atoms with E-state index in [1.807, 2.05) is 6.92 Å². The van der Waals surface area contributed by atoms with Gasteiger partial charge in [0.1, 0.15) is 0 Å². The van der Waals surface area contributed by atoms with Crippen molar-refractivity contribution in [1.82, 2.24) is 15.5 Å². The van der Waals surface area contributed by atoms with Crippen LogP contribution in [0.3, 0.4) is 0 Å². The second kappa shape index (κ2) is 12.6. The average molecular weight is 490 g/mol. The number of aliphatic imine (C=N–C) groups is 1. The smallest absolute Gasteiger partial charge is 0.409 e. The number of nitrogens with one attached hydrogen (secondary N) is 2. The number of ether oxygens (including phenoxy) is 1. The zero-order chi connectivity index (χ0) is 18.0. The van der Waals surface area contributed by atoms with E-state index >= 15 is 0 Å². The fourth-order valence-electron chi connectivity index (χ4n) is 2.38. The zero-order valence-electron chi connectivity index (χ0n) is 15.3. The van der Waals surface area contributed by atoms with Gasteiger partial charge in [0.2, 0.25) is 0 Å². The molecule has 10 heteroatoms. The number of carbonyl (C=O) groups is 1. The first-order valence-corrected chi connectivity index (χ1v) is 10.4. The van der Waals surface area contributed by atoms with Gasteiger partial charge in [0.15, 0.2) is 15.8 Å². The van der Waals surface area contributed by atoms with Crippen molar-refractivity contribution in [2.24, 2.45) is 4.99 Å². The number of nitrogens with zero attached hydrogens (tertiary/aromatic N) is 2. The van der Waals surface area contributed by atoms with Gasteiger partial charge in [-0.25, -0.2) is 13.2 Å². The normalized spacial score (nSPS) is 16.1. The molecule has 1 aliphatic rings. The number of amides is 1. The summed E-state index contributed by atoms with van der Waals surface area (Å²) in [4.78, 5) is 17.7. The molecule has 2 N–H and O–H groups in total. The Morgan fingerprint density at radius 1 is 1.24 bits per heavy atom. The highest BCUT2D eigenvalue weighted by atomic mass is 127. The van der Waals surface area contributed by atoms with Gasteiger partial charge < -0.3 is 20.3 Å². The van der Waals surface area contributed by atoms with Crippen LogP contribution in [0, 0.1) is 0 Å². The van der Waals surface area contributed by atoms with E-state index in [2.05, 4.69) is 15.6 Å². The highest BCUT2D eigenvalue weighted by Gasteiger charge is 2.24. The predicted octanol–water partition coefficient (Wildman–Crippen LogP) is 1.22. The number of sulfone groups is 1. The molecule has 0 aliphatic carbocycles. The molecule has 0 atom stereocenters. The van der Waals surface area contributed by atoms with Crippen LogP contribution in [-0.2, 0) is 14.6 Å². The van der Waals surface area contributed by atoms with E-state index in [0.717, 1.165) is 12.8 Å². The maximum Gasteiger partial charge on any atom is 0.409 e. The summed E-state index contributed by atoms with van der Waals surface area (Å²) in [6.45, 7) is 8.00. The molecule has 1 aliphatic heterocycles.